The highest BCUT2D eigenvalue weighted by molar-refractivity contribution is 5.73. The van der Waals surface area contributed by atoms with Crippen molar-refractivity contribution in [1.82, 2.24) is 4.98 Å². The fourth-order valence-electron chi connectivity index (χ4n) is 1.07. The van der Waals surface area contributed by atoms with Gasteiger partial charge in [-0.05, 0) is 12.1 Å². The molecule has 0 spiro atoms. The molecule has 0 N–H and O–H groups in total. The lowest BCUT2D eigenvalue weighted by Gasteiger charge is -1.99. The van der Waals surface area contributed by atoms with Gasteiger partial charge in [-0.15, -0.1) is 0 Å². The second kappa shape index (κ2) is 2.90. The Morgan fingerprint density at radius 2 is 2.31 bits per heavy atom. The number of methoxy groups -OCH3 is 1. The molecule has 13 heavy (non-hydrogen) atoms. The molecule has 1 aromatic heterocycles. The molecule has 0 aliphatic heterocycles. The molecule has 4 heteroatoms. The Morgan fingerprint density at radius 3 is 3.08 bits per heavy atom. The molecule has 4 nitrogen and oxygen atoms in total. The molecule has 1 aromatic carbocycles. The number of hydrogen-bond donors (Lipinski definition) is 0. The predicted octanol–water partition coefficient (Wildman–Crippen LogP) is 1.20. The smallest absolute Gasteiger partial charge is 0.354 e. The van der Waals surface area contributed by atoms with E-state index in [0.29, 0.717) is 16.8 Å². The number of nitrogens with zero attached hydrogens (tertiary/aromatic N) is 1. The Kier molecular flexibility index (Phi) is 1.73. The van der Waals surface area contributed by atoms with Crippen molar-refractivity contribution in [3.8, 4) is 5.75 Å². The number of aromatic nitrogens is 1. The van der Waals surface area contributed by atoms with Gasteiger partial charge in [0, 0.05) is 6.07 Å². The summed E-state index contributed by atoms with van der Waals surface area (Å²) in [6.07, 6.45) is 1.15. The zero-order valence-corrected chi connectivity index (χ0v) is 6.98. The molecule has 0 radical (unpaired) electrons. The highest BCUT2D eigenvalue weighted by Gasteiger charge is 1.99. The van der Waals surface area contributed by atoms with Gasteiger partial charge in [-0.1, -0.05) is 0 Å². The van der Waals surface area contributed by atoms with Crippen molar-refractivity contribution < 1.29 is 9.15 Å². The number of ether oxygens (including phenoxy) is 1. The molecule has 0 atom stereocenters. The largest absolute Gasteiger partial charge is 0.497 e. The standard InChI is InChI=1S/C9H7NO3/c1-12-6-2-3-7-8(4-6)13-9(11)5-10-7/h2-5H,1H3. The van der Waals surface area contributed by atoms with Crippen molar-refractivity contribution in [3.05, 3.63) is 34.8 Å². The van der Waals surface area contributed by atoms with E-state index in [9.17, 15) is 4.79 Å². The van der Waals surface area contributed by atoms with E-state index in [1.807, 2.05) is 0 Å². The molecule has 66 valence electrons. The van der Waals surface area contributed by atoms with Crippen LogP contribution in [0.15, 0.2) is 33.6 Å². The fourth-order valence-corrected chi connectivity index (χ4v) is 1.07. The maximum atomic E-state index is 10.8. The van der Waals surface area contributed by atoms with E-state index < -0.39 is 5.63 Å². The second-order valence-corrected chi connectivity index (χ2v) is 2.51. The van der Waals surface area contributed by atoms with E-state index in [1.165, 1.54) is 0 Å². The van der Waals surface area contributed by atoms with E-state index >= 15 is 0 Å². The minimum Gasteiger partial charge on any atom is -0.497 e. The Morgan fingerprint density at radius 1 is 1.46 bits per heavy atom. The first-order valence-electron chi connectivity index (χ1n) is 3.73. The van der Waals surface area contributed by atoms with Gasteiger partial charge >= 0.3 is 5.63 Å². The molecule has 2 rings (SSSR count). The Bertz CT molecular complexity index is 489. The third-order valence-corrected chi connectivity index (χ3v) is 1.69. The van der Waals surface area contributed by atoms with Gasteiger partial charge in [0.25, 0.3) is 0 Å². The molecule has 0 saturated heterocycles. The summed E-state index contributed by atoms with van der Waals surface area (Å²) >= 11 is 0. The van der Waals surface area contributed by atoms with Crippen molar-refractivity contribution in [3.63, 3.8) is 0 Å². The SMILES string of the molecule is COc1ccc2ncc(=O)oc2c1. The molecule has 0 saturated carbocycles. The van der Waals surface area contributed by atoms with Crippen LogP contribution in [0.2, 0.25) is 0 Å². The molecule has 0 unspecified atom stereocenters. The van der Waals surface area contributed by atoms with Crippen molar-refractivity contribution in [1.29, 1.82) is 0 Å². The molecule has 0 aliphatic rings. The van der Waals surface area contributed by atoms with Gasteiger partial charge in [-0.3, -0.25) is 0 Å². The molecule has 1 heterocycles. The third-order valence-electron chi connectivity index (χ3n) is 1.69. The van der Waals surface area contributed by atoms with Gasteiger partial charge in [0.05, 0.1) is 7.11 Å². The van der Waals surface area contributed by atoms with E-state index in [-0.39, 0.29) is 0 Å². The normalized spacial score (nSPS) is 10.2. The van der Waals surface area contributed by atoms with Crippen LogP contribution >= 0.6 is 0 Å². The lowest BCUT2D eigenvalue weighted by atomic mass is 10.3. The molecule has 0 aliphatic carbocycles. The zero-order valence-electron chi connectivity index (χ0n) is 6.98. The first kappa shape index (κ1) is 7.79. The highest BCUT2D eigenvalue weighted by Crippen LogP contribution is 2.16. The second-order valence-electron chi connectivity index (χ2n) is 2.51. The number of benzene rings is 1. The first-order chi connectivity index (χ1) is 6.29. The van der Waals surface area contributed by atoms with Crippen LogP contribution in [0.3, 0.4) is 0 Å². The van der Waals surface area contributed by atoms with Crippen LogP contribution < -0.4 is 10.4 Å². The highest BCUT2D eigenvalue weighted by atomic mass is 16.5. The lowest BCUT2D eigenvalue weighted by Crippen LogP contribution is -1.97. The molecule has 0 fully saturated rings. The molecular formula is C9H7NO3. The minimum absolute atomic E-state index is 0.437. The summed E-state index contributed by atoms with van der Waals surface area (Å²) in [7, 11) is 1.55. The first-order valence-corrected chi connectivity index (χ1v) is 3.73. The molecule has 0 amide bonds. The van der Waals surface area contributed by atoms with Crippen LogP contribution in [-0.4, -0.2) is 12.1 Å². The summed E-state index contributed by atoms with van der Waals surface area (Å²) in [4.78, 5) is 14.7. The number of hydrogen-bond acceptors (Lipinski definition) is 4. The summed E-state index contributed by atoms with van der Waals surface area (Å²) in [5.74, 6) is 0.642. The average Bonchev–Trinajstić information content (AvgIpc) is 2.16. The van der Waals surface area contributed by atoms with Crippen molar-refractivity contribution in [2.24, 2.45) is 0 Å². The monoisotopic (exact) mass is 177 g/mol. The quantitative estimate of drug-likeness (QED) is 0.656. The van der Waals surface area contributed by atoms with E-state index in [4.69, 9.17) is 9.15 Å². The van der Waals surface area contributed by atoms with Gasteiger partial charge in [-0.2, -0.15) is 0 Å². The average molecular weight is 177 g/mol. The molecule has 0 bridgehead atoms. The van der Waals surface area contributed by atoms with Crippen LogP contribution in [0.25, 0.3) is 11.1 Å². The van der Waals surface area contributed by atoms with Crippen LogP contribution in [0, 0.1) is 0 Å². The zero-order chi connectivity index (χ0) is 9.26. The summed E-state index contributed by atoms with van der Waals surface area (Å²) in [5, 5.41) is 0. The van der Waals surface area contributed by atoms with Crippen molar-refractivity contribution in [2.45, 2.75) is 0 Å². The predicted molar refractivity (Wildman–Crippen MR) is 46.8 cm³/mol. The van der Waals surface area contributed by atoms with E-state index in [1.54, 1.807) is 25.3 Å². The van der Waals surface area contributed by atoms with Crippen LogP contribution in [0.1, 0.15) is 0 Å². The van der Waals surface area contributed by atoms with Gasteiger partial charge in [0.15, 0.2) is 5.58 Å². The van der Waals surface area contributed by atoms with Crippen molar-refractivity contribution >= 4 is 11.1 Å². The minimum atomic E-state index is -0.458. The summed E-state index contributed by atoms with van der Waals surface area (Å²) in [6, 6.07) is 5.12. The number of fused-ring (bicyclic) bond motifs is 1. The summed E-state index contributed by atoms with van der Waals surface area (Å²) < 4.78 is 9.88. The Labute approximate surface area is 73.8 Å². The maximum Gasteiger partial charge on any atom is 0.354 e. The van der Waals surface area contributed by atoms with Gasteiger partial charge < -0.3 is 9.15 Å². The fraction of sp³-hybridized carbons (Fsp3) is 0.111. The Balaban J connectivity index is 2.75. The Hall–Kier alpha value is -1.84. The summed E-state index contributed by atoms with van der Waals surface area (Å²) in [5.41, 5.74) is 0.619. The van der Waals surface area contributed by atoms with Crippen LogP contribution in [-0.2, 0) is 0 Å². The maximum absolute atomic E-state index is 10.8. The number of rotatable bonds is 1. The summed E-state index contributed by atoms with van der Waals surface area (Å²) in [6.45, 7) is 0. The van der Waals surface area contributed by atoms with Crippen LogP contribution in [0.4, 0.5) is 0 Å². The lowest BCUT2D eigenvalue weighted by molar-refractivity contribution is 0.414. The van der Waals surface area contributed by atoms with Crippen LogP contribution in [0.5, 0.6) is 5.75 Å². The van der Waals surface area contributed by atoms with Crippen molar-refractivity contribution in [2.75, 3.05) is 7.11 Å². The van der Waals surface area contributed by atoms with Gasteiger partial charge in [0.1, 0.15) is 17.5 Å². The topological polar surface area (TPSA) is 52.3 Å². The molecule has 2 aromatic rings. The van der Waals surface area contributed by atoms with Gasteiger partial charge in [-0.25, -0.2) is 9.78 Å². The van der Waals surface area contributed by atoms with E-state index in [2.05, 4.69) is 4.98 Å². The van der Waals surface area contributed by atoms with Gasteiger partial charge in [0.2, 0.25) is 0 Å². The third kappa shape index (κ3) is 1.38. The van der Waals surface area contributed by atoms with E-state index in [0.717, 1.165) is 6.20 Å². The molecular weight excluding hydrogens is 170 g/mol.